The van der Waals surface area contributed by atoms with E-state index in [9.17, 15) is 4.79 Å². The number of pyridine rings is 1. The van der Waals surface area contributed by atoms with Gasteiger partial charge in [0.2, 0.25) is 0 Å². The predicted octanol–water partition coefficient (Wildman–Crippen LogP) is 0.781. The van der Waals surface area contributed by atoms with Crippen LogP contribution in [0.3, 0.4) is 0 Å². The summed E-state index contributed by atoms with van der Waals surface area (Å²) in [6.45, 7) is 0. The molecule has 4 nitrogen and oxygen atoms in total. The van der Waals surface area contributed by atoms with Crippen molar-refractivity contribution in [1.82, 2.24) is 14.5 Å². The molecule has 4 heteroatoms. The van der Waals surface area contributed by atoms with Gasteiger partial charge >= 0.3 is 0 Å². The molecule has 0 aromatic carbocycles. The van der Waals surface area contributed by atoms with Crippen LogP contribution in [0.15, 0.2) is 18.5 Å². The molecule has 0 radical (unpaired) electrons. The van der Waals surface area contributed by atoms with Gasteiger partial charge in [-0.2, -0.15) is 0 Å². The molecule has 0 spiro atoms. The number of aromatic nitrogens is 3. The molecule has 2 aromatic rings. The van der Waals surface area contributed by atoms with Crippen LogP contribution in [0.5, 0.6) is 0 Å². The van der Waals surface area contributed by atoms with Crippen molar-refractivity contribution in [3.05, 3.63) is 24.3 Å². The van der Waals surface area contributed by atoms with Crippen LogP contribution >= 0.6 is 0 Å². The molecule has 12 heavy (non-hydrogen) atoms. The highest BCUT2D eigenvalue weighted by Gasteiger charge is 2.04. The second kappa shape index (κ2) is 2.41. The summed E-state index contributed by atoms with van der Waals surface area (Å²) in [4.78, 5) is 18.5. The Morgan fingerprint density at radius 3 is 3.08 bits per heavy atom. The smallest absolute Gasteiger partial charge is 0.185 e. The van der Waals surface area contributed by atoms with Gasteiger partial charge in [-0.05, 0) is 6.07 Å². The first-order valence-electron chi connectivity index (χ1n) is 3.54. The molecule has 0 atom stereocenters. The van der Waals surface area contributed by atoms with E-state index in [0.29, 0.717) is 5.82 Å². The lowest BCUT2D eigenvalue weighted by molar-refractivity contribution is 0.111. The summed E-state index contributed by atoms with van der Waals surface area (Å²) in [5, 5.41) is 0. The summed E-state index contributed by atoms with van der Waals surface area (Å²) in [7, 11) is 1.79. The highest BCUT2D eigenvalue weighted by atomic mass is 16.1. The molecule has 0 unspecified atom stereocenters. The summed E-state index contributed by atoms with van der Waals surface area (Å²) >= 11 is 0. The maximum Gasteiger partial charge on any atom is 0.185 e. The molecule has 0 bridgehead atoms. The number of carbonyl (C=O) groups is 1. The van der Waals surface area contributed by atoms with Crippen LogP contribution in [0.2, 0.25) is 0 Å². The van der Waals surface area contributed by atoms with Crippen LogP contribution in [-0.2, 0) is 7.05 Å². The van der Waals surface area contributed by atoms with E-state index in [0.717, 1.165) is 17.3 Å². The fourth-order valence-electron chi connectivity index (χ4n) is 1.16. The molecule has 0 aliphatic heterocycles. The lowest BCUT2D eigenvalue weighted by Gasteiger charge is -1.92. The van der Waals surface area contributed by atoms with Crippen molar-refractivity contribution in [2.45, 2.75) is 0 Å². The topological polar surface area (TPSA) is 47.8 Å². The Morgan fingerprint density at radius 2 is 2.42 bits per heavy atom. The van der Waals surface area contributed by atoms with Crippen molar-refractivity contribution in [1.29, 1.82) is 0 Å². The van der Waals surface area contributed by atoms with Gasteiger partial charge in [-0.25, -0.2) is 4.98 Å². The molecule has 0 fully saturated rings. The number of imidazole rings is 1. The molecule has 0 amide bonds. The third-order valence-corrected chi connectivity index (χ3v) is 1.82. The van der Waals surface area contributed by atoms with Crippen LogP contribution in [0, 0.1) is 0 Å². The first kappa shape index (κ1) is 6.97. The Morgan fingerprint density at radius 1 is 1.58 bits per heavy atom. The fraction of sp³-hybridized carbons (Fsp3) is 0.125. The monoisotopic (exact) mass is 161 g/mol. The lowest BCUT2D eigenvalue weighted by atomic mass is 10.4. The van der Waals surface area contributed by atoms with Gasteiger partial charge in [0.25, 0.3) is 0 Å². The maximum absolute atomic E-state index is 10.5. The van der Waals surface area contributed by atoms with Crippen LogP contribution in [0.1, 0.15) is 10.6 Å². The molecule has 2 aromatic heterocycles. The van der Waals surface area contributed by atoms with Crippen LogP contribution in [0.4, 0.5) is 0 Å². The second-order valence-electron chi connectivity index (χ2n) is 2.51. The van der Waals surface area contributed by atoms with Crippen molar-refractivity contribution in [2.75, 3.05) is 0 Å². The van der Waals surface area contributed by atoms with Gasteiger partial charge in [0.15, 0.2) is 12.1 Å². The van der Waals surface area contributed by atoms with E-state index in [1.807, 2.05) is 0 Å². The standard InChI is InChI=1S/C8H7N3O/c1-11-7-4-9-3-2-6(7)10-8(11)5-12/h2-5H,1H3. The molecule has 0 aliphatic rings. The summed E-state index contributed by atoms with van der Waals surface area (Å²) in [6, 6.07) is 1.78. The largest absolute Gasteiger partial charge is 0.324 e. The molecule has 0 saturated heterocycles. The number of nitrogens with zero attached hydrogens (tertiary/aromatic N) is 3. The predicted molar refractivity (Wildman–Crippen MR) is 43.9 cm³/mol. The normalized spacial score (nSPS) is 10.4. The molecule has 0 aliphatic carbocycles. The molecular formula is C8H7N3O. The number of hydrogen-bond acceptors (Lipinski definition) is 3. The zero-order valence-electron chi connectivity index (χ0n) is 6.56. The minimum Gasteiger partial charge on any atom is -0.324 e. The number of fused-ring (bicyclic) bond motifs is 1. The van der Waals surface area contributed by atoms with Crippen molar-refractivity contribution in [2.24, 2.45) is 7.05 Å². The lowest BCUT2D eigenvalue weighted by Crippen LogP contribution is -1.94. The number of hydrogen-bond donors (Lipinski definition) is 0. The number of aldehydes is 1. The Balaban J connectivity index is 2.87. The Kier molecular flexibility index (Phi) is 1.40. The van der Waals surface area contributed by atoms with Gasteiger partial charge in [-0.1, -0.05) is 0 Å². The fourth-order valence-corrected chi connectivity index (χ4v) is 1.16. The summed E-state index contributed by atoms with van der Waals surface area (Å²) in [5.74, 6) is 0.429. The van der Waals surface area contributed by atoms with E-state index in [-0.39, 0.29) is 0 Å². The molecule has 0 N–H and O–H groups in total. The van der Waals surface area contributed by atoms with Gasteiger partial charge in [-0.3, -0.25) is 9.78 Å². The highest BCUT2D eigenvalue weighted by Crippen LogP contribution is 2.10. The molecule has 2 heterocycles. The maximum atomic E-state index is 10.5. The molecule has 2 rings (SSSR count). The van der Waals surface area contributed by atoms with Crippen LogP contribution < -0.4 is 0 Å². The SMILES string of the molecule is Cn1c(C=O)nc2ccncc21. The van der Waals surface area contributed by atoms with Crippen molar-refractivity contribution in [3.63, 3.8) is 0 Å². The average molecular weight is 161 g/mol. The molecule has 0 saturated carbocycles. The van der Waals surface area contributed by atoms with Crippen molar-refractivity contribution in [3.8, 4) is 0 Å². The zero-order valence-corrected chi connectivity index (χ0v) is 6.56. The number of aryl methyl sites for hydroxylation is 1. The van der Waals surface area contributed by atoms with Crippen molar-refractivity contribution < 1.29 is 4.79 Å². The van der Waals surface area contributed by atoms with E-state index in [1.165, 1.54) is 0 Å². The first-order valence-corrected chi connectivity index (χ1v) is 3.54. The summed E-state index contributed by atoms with van der Waals surface area (Å²) in [6.07, 6.45) is 4.08. The third-order valence-electron chi connectivity index (χ3n) is 1.82. The van der Waals surface area contributed by atoms with Gasteiger partial charge in [-0.15, -0.1) is 0 Å². The number of carbonyl (C=O) groups excluding carboxylic acids is 1. The second-order valence-corrected chi connectivity index (χ2v) is 2.51. The quantitative estimate of drug-likeness (QED) is 0.580. The Hall–Kier alpha value is -1.71. The number of rotatable bonds is 1. The van der Waals surface area contributed by atoms with Crippen LogP contribution in [0.25, 0.3) is 11.0 Å². The van der Waals surface area contributed by atoms with Gasteiger partial charge < -0.3 is 4.57 Å². The summed E-state index contributed by atoms with van der Waals surface area (Å²) < 4.78 is 1.72. The molecule has 60 valence electrons. The first-order chi connectivity index (χ1) is 5.83. The van der Waals surface area contributed by atoms with E-state index < -0.39 is 0 Å². The van der Waals surface area contributed by atoms with Crippen LogP contribution in [-0.4, -0.2) is 20.8 Å². The van der Waals surface area contributed by atoms with E-state index in [4.69, 9.17) is 0 Å². The molecular weight excluding hydrogens is 154 g/mol. The van der Waals surface area contributed by atoms with Crippen molar-refractivity contribution >= 4 is 17.3 Å². The van der Waals surface area contributed by atoms with E-state index >= 15 is 0 Å². The van der Waals surface area contributed by atoms with Gasteiger partial charge in [0.05, 0.1) is 17.2 Å². The minimum absolute atomic E-state index is 0.429. The highest BCUT2D eigenvalue weighted by molar-refractivity contribution is 5.82. The van der Waals surface area contributed by atoms with Gasteiger partial charge in [0, 0.05) is 13.2 Å². The zero-order chi connectivity index (χ0) is 8.55. The Labute approximate surface area is 68.9 Å². The van der Waals surface area contributed by atoms with Gasteiger partial charge in [0.1, 0.15) is 0 Å². The minimum atomic E-state index is 0.429. The van der Waals surface area contributed by atoms with E-state index in [2.05, 4.69) is 9.97 Å². The third kappa shape index (κ3) is 0.812. The Bertz CT molecular complexity index is 433. The van der Waals surface area contributed by atoms with E-state index in [1.54, 1.807) is 30.1 Å². The average Bonchev–Trinajstić information content (AvgIpc) is 2.44. The summed E-state index contributed by atoms with van der Waals surface area (Å²) in [5.41, 5.74) is 1.68.